The Kier molecular flexibility index (Phi) is 4.57. The van der Waals surface area contributed by atoms with Crippen molar-refractivity contribution in [2.75, 3.05) is 13.6 Å². The lowest BCUT2D eigenvalue weighted by Gasteiger charge is -2.15. The van der Waals surface area contributed by atoms with E-state index in [0.29, 0.717) is 6.54 Å². The average molecular weight is 286 g/mol. The van der Waals surface area contributed by atoms with Crippen LogP contribution >= 0.6 is 11.6 Å². The van der Waals surface area contributed by atoms with E-state index < -0.39 is 22.7 Å². The number of hydrogen-bond acceptors (Lipinski definition) is 1. The van der Waals surface area contributed by atoms with Gasteiger partial charge in [0, 0.05) is 13.6 Å². The van der Waals surface area contributed by atoms with Gasteiger partial charge in [-0.2, -0.15) is 13.2 Å². The third-order valence-electron chi connectivity index (χ3n) is 2.18. The number of nitrogens with zero attached hydrogens (tertiary/aromatic N) is 1. The van der Waals surface area contributed by atoms with Crippen LogP contribution in [0.3, 0.4) is 0 Å². The number of alkyl halides is 3. The third kappa shape index (κ3) is 3.43. The highest BCUT2D eigenvalue weighted by Crippen LogP contribution is 2.33. The maximum atomic E-state index is 12.4. The van der Waals surface area contributed by atoms with Crippen LogP contribution in [0, 0.1) is 0 Å². The van der Waals surface area contributed by atoms with Crippen LogP contribution in [0.5, 0.6) is 0 Å². The zero-order chi connectivity index (χ0) is 13.2. The molecule has 0 aliphatic heterocycles. The maximum Gasteiger partial charge on any atom is 0.416 e. The number of benzene rings is 1. The van der Waals surface area contributed by atoms with Gasteiger partial charge >= 0.3 is 6.18 Å². The summed E-state index contributed by atoms with van der Waals surface area (Å²) >= 11 is 5.71. The van der Waals surface area contributed by atoms with Crippen molar-refractivity contribution >= 4 is 22.6 Å². The van der Waals surface area contributed by atoms with Gasteiger partial charge in [-0.25, -0.2) is 8.51 Å². The SMILES string of the molecule is CCN(C)S(=O)c1ccc(C(F)(F)F)cc1Cl. The molecule has 0 saturated carbocycles. The molecule has 17 heavy (non-hydrogen) atoms. The lowest BCUT2D eigenvalue weighted by atomic mass is 10.2. The standard InChI is InChI=1S/C10H11ClF3NOS/c1-3-15(2)17(16)9-5-4-7(6-8(9)11)10(12,13)14/h4-6H,3H2,1-2H3. The van der Waals surface area contributed by atoms with E-state index in [1.807, 2.05) is 0 Å². The predicted molar refractivity (Wildman–Crippen MR) is 61.2 cm³/mol. The van der Waals surface area contributed by atoms with Gasteiger partial charge in [0.2, 0.25) is 0 Å². The van der Waals surface area contributed by atoms with E-state index in [1.165, 1.54) is 4.31 Å². The molecule has 0 fully saturated rings. The van der Waals surface area contributed by atoms with Crippen LogP contribution in [0.1, 0.15) is 12.5 Å². The van der Waals surface area contributed by atoms with Gasteiger partial charge in [-0.15, -0.1) is 0 Å². The molecule has 0 spiro atoms. The second kappa shape index (κ2) is 5.37. The van der Waals surface area contributed by atoms with Gasteiger partial charge in [0.1, 0.15) is 11.0 Å². The summed E-state index contributed by atoms with van der Waals surface area (Å²) in [7, 11) is 0.0605. The number of halogens is 4. The Hall–Kier alpha value is -0.590. The van der Waals surface area contributed by atoms with E-state index in [0.717, 1.165) is 18.2 Å². The minimum atomic E-state index is -4.44. The van der Waals surface area contributed by atoms with Gasteiger partial charge in [-0.05, 0) is 18.2 Å². The molecule has 0 amide bonds. The molecule has 0 saturated heterocycles. The smallest absolute Gasteiger partial charge is 0.237 e. The first-order valence-corrected chi connectivity index (χ1v) is 6.25. The summed E-state index contributed by atoms with van der Waals surface area (Å²) < 4.78 is 50.5. The molecule has 0 radical (unpaired) electrons. The zero-order valence-corrected chi connectivity index (χ0v) is 10.8. The molecule has 0 N–H and O–H groups in total. The van der Waals surface area contributed by atoms with E-state index in [-0.39, 0.29) is 9.92 Å². The van der Waals surface area contributed by atoms with Gasteiger partial charge < -0.3 is 0 Å². The summed E-state index contributed by atoms with van der Waals surface area (Å²) in [5.41, 5.74) is -0.845. The van der Waals surface area contributed by atoms with Crippen molar-refractivity contribution in [3.63, 3.8) is 0 Å². The summed E-state index contributed by atoms with van der Waals surface area (Å²) in [6, 6.07) is 2.81. The normalized spacial score (nSPS) is 14.1. The fraction of sp³-hybridized carbons (Fsp3) is 0.400. The van der Waals surface area contributed by atoms with Crippen LogP contribution in [-0.2, 0) is 17.2 Å². The summed E-state index contributed by atoms with van der Waals surface area (Å²) in [5.74, 6) is 0. The fourth-order valence-electron chi connectivity index (χ4n) is 1.10. The number of rotatable bonds is 3. The Bertz CT molecular complexity index is 436. The largest absolute Gasteiger partial charge is 0.416 e. The van der Waals surface area contributed by atoms with Crippen molar-refractivity contribution in [1.29, 1.82) is 0 Å². The predicted octanol–water partition coefficient (Wildman–Crippen LogP) is 3.33. The van der Waals surface area contributed by atoms with Crippen LogP contribution < -0.4 is 0 Å². The van der Waals surface area contributed by atoms with E-state index in [2.05, 4.69) is 0 Å². The molecule has 0 bridgehead atoms. The van der Waals surface area contributed by atoms with Gasteiger partial charge in [0.25, 0.3) is 0 Å². The van der Waals surface area contributed by atoms with Crippen molar-refractivity contribution in [2.24, 2.45) is 0 Å². The highest BCUT2D eigenvalue weighted by atomic mass is 35.5. The molecule has 1 aromatic rings. The first-order chi connectivity index (χ1) is 7.77. The second-order valence-corrected chi connectivity index (χ2v) is 5.30. The average Bonchev–Trinajstić information content (AvgIpc) is 2.25. The van der Waals surface area contributed by atoms with Crippen molar-refractivity contribution < 1.29 is 17.4 Å². The Morgan fingerprint density at radius 1 is 1.41 bits per heavy atom. The molecule has 1 rings (SSSR count). The van der Waals surface area contributed by atoms with E-state index in [4.69, 9.17) is 11.6 Å². The molecular weight excluding hydrogens is 275 g/mol. The van der Waals surface area contributed by atoms with Gasteiger partial charge in [0.15, 0.2) is 0 Å². The molecule has 0 heterocycles. The Labute approximate surface area is 105 Å². The van der Waals surface area contributed by atoms with Crippen LogP contribution in [-0.4, -0.2) is 22.1 Å². The Balaban J connectivity index is 3.11. The van der Waals surface area contributed by atoms with Crippen molar-refractivity contribution in [3.05, 3.63) is 28.8 Å². The van der Waals surface area contributed by atoms with Crippen LogP contribution in [0.25, 0.3) is 0 Å². The van der Waals surface area contributed by atoms with Crippen molar-refractivity contribution in [2.45, 2.75) is 18.0 Å². The summed E-state index contributed by atoms with van der Waals surface area (Å²) in [5, 5.41) is -0.140. The molecule has 1 unspecified atom stereocenters. The maximum absolute atomic E-state index is 12.4. The monoisotopic (exact) mass is 285 g/mol. The minimum absolute atomic E-state index is 0.140. The number of hydrogen-bond donors (Lipinski definition) is 0. The molecule has 0 aliphatic rings. The summed E-state index contributed by atoms with van der Waals surface area (Å²) in [6.07, 6.45) is -4.44. The molecule has 7 heteroatoms. The van der Waals surface area contributed by atoms with Crippen molar-refractivity contribution in [3.8, 4) is 0 Å². The molecule has 96 valence electrons. The van der Waals surface area contributed by atoms with Crippen LogP contribution in [0.2, 0.25) is 5.02 Å². The molecule has 1 atom stereocenters. The Morgan fingerprint density at radius 3 is 2.41 bits per heavy atom. The van der Waals surface area contributed by atoms with Gasteiger partial charge in [-0.1, -0.05) is 18.5 Å². The first kappa shape index (κ1) is 14.5. The van der Waals surface area contributed by atoms with E-state index in [9.17, 15) is 17.4 Å². The first-order valence-electron chi connectivity index (χ1n) is 4.77. The summed E-state index contributed by atoms with van der Waals surface area (Å²) in [4.78, 5) is 0.184. The molecule has 0 aliphatic carbocycles. The molecule has 2 nitrogen and oxygen atoms in total. The lowest BCUT2D eigenvalue weighted by molar-refractivity contribution is -0.137. The summed E-state index contributed by atoms with van der Waals surface area (Å²) in [6.45, 7) is 2.29. The zero-order valence-electron chi connectivity index (χ0n) is 9.21. The topological polar surface area (TPSA) is 20.3 Å². The Morgan fingerprint density at radius 2 is 2.00 bits per heavy atom. The lowest BCUT2D eigenvalue weighted by Crippen LogP contribution is -2.21. The highest BCUT2D eigenvalue weighted by molar-refractivity contribution is 7.82. The van der Waals surface area contributed by atoms with Crippen molar-refractivity contribution in [1.82, 2.24) is 4.31 Å². The highest BCUT2D eigenvalue weighted by Gasteiger charge is 2.31. The fourth-order valence-corrected chi connectivity index (χ4v) is 2.46. The van der Waals surface area contributed by atoms with Crippen LogP contribution in [0.4, 0.5) is 13.2 Å². The van der Waals surface area contributed by atoms with E-state index >= 15 is 0 Å². The third-order valence-corrected chi connectivity index (χ3v) is 4.16. The molecule has 0 aromatic heterocycles. The van der Waals surface area contributed by atoms with Crippen LogP contribution in [0.15, 0.2) is 23.1 Å². The minimum Gasteiger partial charge on any atom is -0.237 e. The molecule has 1 aromatic carbocycles. The quantitative estimate of drug-likeness (QED) is 0.834. The van der Waals surface area contributed by atoms with E-state index in [1.54, 1.807) is 14.0 Å². The van der Waals surface area contributed by atoms with Gasteiger partial charge in [-0.3, -0.25) is 0 Å². The second-order valence-electron chi connectivity index (χ2n) is 3.34. The van der Waals surface area contributed by atoms with Gasteiger partial charge in [0.05, 0.1) is 15.5 Å². The molecular formula is C10H11ClF3NOS.